The van der Waals surface area contributed by atoms with E-state index >= 15 is 0 Å². The van der Waals surface area contributed by atoms with E-state index in [2.05, 4.69) is 0 Å². The number of nitrogens with zero attached hydrogens (tertiary/aromatic N) is 1. The van der Waals surface area contributed by atoms with E-state index in [4.69, 9.17) is 36.1 Å². The minimum atomic E-state index is -0.245. The molecule has 8 aliphatic rings. The molecular weight excluding hydrogens is 1370 g/mol. The summed E-state index contributed by atoms with van der Waals surface area (Å²) in [5.74, 6) is 0.312. The number of allylic oxidation sites excluding steroid dienone is 20. The van der Waals surface area contributed by atoms with Crippen molar-refractivity contribution < 1.29 is 57.3 Å². The number of carbonyl (C=O) groups excluding carboxylic acids is 8. The van der Waals surface area contributed by atoms with E-state index in [0.717, 1.165) is 44.6 Å². The van der Waals surface area contributed by atoms with E-state index in [9.17, 15) is 38.4 Å². The molecule has 16 heteroatoms. The molecule has 0 atom stereocenters. The highest BCUT2D eigenvalue weighted by Gasteiger charge is 2.39. The third-order valence-electron chi connectivity index (χ3n) is 18.4. The summed E-state index contributed by atoms with van der Waals surface area (Å²) in [5, 5.41) is 0. The molecule has 4 aliphatic heterocycles. The summed E-state index contributed by atoms with van der Waals surface area (Å²) in [7, 11) is 4.00. The Labute approximate surface area is 629 Å². The smallest absolute Gasteiger partial charge is 0.198 e. The first-order valence-electron chi connectivity index (χ1n) is 34.6. The van der Waals surface area contributed by atoms with Crippen LogP contribution in [0.1, 0.15) is 122 Å². The maximum atomic E-state index is 12.9. The SMILES string of the molecule is Cc1ccc2c(c1)C(=O)/C(=C1/C=COC(/C=C/c3ccc(N)cc3)=C1)C2=O.Cc1ccc2c(c1)C(=O)/C(=C1\C=COC(/C=C/c3ccc(N)cc3)=C1)C2=O.Cc1cccc2c1C(=O)/C(=C1\C=COC(/C=C/c3ccc(N(C)C)cc3)=C1)C2=O.Nc1ccc(/C=C/C2=CC(=C3C(=O)c4ccccc4C3=O)C=CO2)cc1. The van der Waals surface area contributed by atoms with Crippen molar-refractivity contribution in [2.45, 2.75) is 20.8 Å². The highest BCUT2D eigenvalue weighted by molar-refractivity contribution is 6.42. The number of anilines is 4. The number of ketones is 8. The van der Waals surface area contributed by atoms with Crippen LogP contribution in [0.25, 0.3) is 24.3 Å². The second-order valence-electron chi connectivity index (χ2n) is 26.3. The van der Waals surface area contributed by atoms with Gasteiger partial charge in [0.1, 0.15) is 23.0 Å². The van der Waals surface area contributed by atoms with Crippen molar-refractivity contribution in [3.05, 3.63) is 425 Å². The number of fused-ring (bicyclic) bond motifs is 4. The fraction of sp³-hybridized carbons (Fsp3) is 0.0538. The molecule has 0 aromatic heterocycles. The molecule has 0 unspecified atom stereocenters. The largest absolute Gasteiger partial charge is 0.465 e. The highest BCUT2D eigenvalue weighted by Crippen LogP contribution is 2.37. The Bertz CT molecular complexity index is 5530. The standard InChI is InChI=1S/C25H21NO3.2C23H17NO3.C22H15NO3/c1-16-5-4-6-21-22(16)25(28)23(24(21)27)18-13-14-29-20(15-18)12-9-17-7-10-19(11-8-17)26(2)3;2*1-14-2-9-19-20(12-14)23(26)21(22(19)25)16-10-11-27-18(13-16)8-5-15-3-6-17(24)7-4-15;23-16-8-5-14(6-9-16)7-10-17-13-15(11-12-26-17)20-21(24)18-3-1-2-4-19(18)22(20)25/h4-15H,1-3H3;2*2-13H,24H2,1H3;1-13H,23H2/b12-9+,23-18+;8-5+,21-16+;8-5+,21-16-;10-7+. The van der Waals surface area contributed by atoms with Gasteiger partial charge in [0.05, 0.1) is 47.3 Å². The van der Waals surface area contributed by atoms with Crippen LogP contribution in [0.4, 0.5) is 22.7 Å². The zero-order valence-electron chi connectivity index (χ0n) is 59.9. The van der Waals surface area contributed by atoms with Crippen LogP contribution in [-0.2, 0) is 18.9 Å². The lowest BCUT2D eigenvalue weighted by molar-refractivity contribution is 0.0972. The van der Waals surface area contributed by atoms with Gasteiger partial charge in [0, 0.05) is 81.4 Å². The molecule has 16 rings (SSSR count). The molecule has 0 amide bonds. The van der Waals surface area contributed by atoms with Gasteiger partial charge in [0.2, 0.25) is 0 Å². The summed E-state index contributed by atoms with van der Waals surface area (Å²) in [6.07, 6.45) is 34.1. The van der Waals surface area contributed by atoms with Gasteiger partial charge in [-0.2, -0.15) is 0 Å². The van der Waals surface area contributed by atoms with Crippen molar-refractivity contribution >= 4 is 93.3 Å². The lowest BCUT2D eigenvalue weighted by atomic mass is 10.0. The molecule has 4 aliphatic carbocycles. The number of hydrogen-bond donors (Lipinski definition) is 3. The van der Waals surface area contributed by atoms with Gasteiger partial charge in [-0.3, -0.25) is 38.4 Å². The average molecular weight is 1440 g/mol. The van der Waals surface area contributed by atoms with Crippen molar-refractivity contribution in [3.63, 3.8) is 0 Å². The van der Waals surface area contributed by atoms with Crippen molar-refractivity contribution in [2.24, 2.45) is 0 Å². The zero-order valence-corrected chi connectivity index (χ0v) is 59.9. The number of nitrogens with two attached hydrogens (primary N) is 3. The summed E-state index contributed by atoms with van der Waals surface area (Å²) in [6, 6.07) is 53.3. The zero-order chi connectivity index (χ0) is 76.6. The predicted molar refractivity (Wildman–Crippen MR) is 425 cm³/mol. The van der Waals surface area contributed by atoms with Gasteiger partial charge >= 0.3 is 0 Å². The molecule has 0 radical (unpaired) electrons. The van der Waals surface area contributed by atoms with Crippen LogP contribution in [-0.4, -0.2) is 60.4 Å². The Morgan fingerprint density at radius 2 is 0.578 bits per heavy atom. The molecule has 6 N–H and O–H groups in total. The van der Waals surface area contributed by atoms with Crippen LogP contribution in [0, 0.1) is 20.8 Å². The third-order valence-corrected chi connectivity index (χ3v) is 18.4. The first kappa shape index (κ1) is 72.7. The van der Waals surface area contributed by atoms with E-state index in [-0.39, 0.29) is 68.6 Å². The van der Waals surface area contributed by atoms with E-state index in [1.54, 1.807) is 127 Å². The maximum absolute atomic E-state index is 12.9. The lowest BCUT2D eigenvalue weighted by Crippen LogP contribution is -2.07. The number of carbonyl (C=O) groups is 8. The topological polar surface area (TPSA) is 255 Å². The molecule has 0 saturated heterocycles. The summed E-state index contributed by atoms with van der Waals surface area (Å²) in [5.41, 5.74) is 33.7. The summed E-state index contributed by atoms with van der Waals surface area (Å²) >= 11 is 0. The highest BCUT2D eigenvalue weighted by atomic mass is 16.5. The van der Waals surface area contributed by atoms with Gasteiger partial charge in [-0.25, -0.2) is 0 Å². The van der Waals surface area contributed by atoms with Crippen LogP contribution in [0.2, 0.25) is 0 Å². The normalized spacial score (nSPS) is 17.9. The van der Waals surface area contributed by atoms with Gasteiger partial charge in [0.25, 0.3) is 0 Å². The van der Waals surface area contributed by atoms with Crippen molar-refractivity contribution in [1.82, 2.24) is 0 Å². The molecule has 534 valence electrons. The molecule has 16 nitrogen and oxygen atoms in total. The molecule has 8 aromatic rings. The summed E-state index contributed by atoms with van der Waals surface area (Å²) in [6.45, 7) is 5.65. The van der Waals surface area contributed by atoms with Crippen molar-refractivity contribution in [1.29, 1.82) is 0 Å². The Kier molecular flexibility index (Phi) is 21.2. The molecule has 0 fully saturated rings. The van der Waals surface area contributed by atoms with E-state index in [0.29, 0.717) is 107 Å². The van der Waals surface area contributed by atoms with E-state index in [1.807, 2.05) is 185 Å². The van der Waals surface area contributed by atoms with Crippen LogP contribution < -0.4 is 22.1 Å². The molecule has 0 bridgehead atoms. The Hall–Kier alpha value is -14.6. The first-order valence-corrected chi connectivity index (χ1v) is 34.6. The predicted octanol–water partition coefficient (Wildman–Crippen LogP) is 17.8. The number of rotatable bonds is 9. The molecule has 0 saturated carbocycles. The number of benzene rings is 8. The quantitative estimate of drug-likeness (QED) is 0.0690. The van der Waals surface area contributed by atoms with Gasteiger partial charge in [-0.1, -0.05) is 151 Å². The van der Waals surface area contributed by atoms with Gasteiger partial charge < -0.3 is 41.0 Å². The van der Waals surface area contributed by atoms with Gasteiger partial charge in [0.15, 0.2) is 46.3 Å². The second-order valence-corrected chi connectivity index (χ2v) is 26.3. The van der Waals surface area contributed by atoms with Crippen molar-refractivity contribution in [2.75, 3.05) is 36.2 Å². The summed E-state index contributed by atoms with van der Waals surface area (Å²) < 4.78 is 22.0. The fourth-order valence-electron chi connectivity index (χ4n) is 12.7. The number of nitrogen functional groups attached to an aromatic ring is 3. The Balaban J connectivity index is 0.000000128. The lowest BCUT2D eigenvalue weighted by Gasteiger charge is -2.12. The molecule has 8 aromatic carbocycles. The van der Waals surface area contributed by atoms with E-state index < -0.39 is 0 Å². The Morgan fingerprint density at radius 3 is 0.899 bits per heavy atom. The fourth-order valence-corrected chi connectivity index (χ4v) is 12.7. The van der Waals surface area contributed by atoms with Gasteiger partial charge in [-0.05, 0) is 204 Å². The van der Waals surface area contributed by atoms with Gasteiger partial charge in [-0.15, -0.1) is 0 Å². The third kappa shape index (κ3) is 16.0. The average Bonchev–Trinajstić information content (AvgIpc) is 1.64. The van der Waals surface area contributed by atoms with Crippen molar-refractivity contribution in [3.8, 4) is 0 Å². The van der Waals surface area contributed by atoms with E-state index in [1.165, 1.54) is 25.0 Å². The van der Waals surface area contributed by atoms with Crippen LogP contribution in [0.5, 0.6) is 0 Å². The molecule has 4 heterocycles. The molecule has 109 heavy (non-hydrogen) atoms. The minimum Gasteiger partial charge on any atom is -0.465 e. The monoisotopic (exact) mass is 1430 g/mol. The molecular formula is C93H70N4O12. The number of aryl methyl sites for hydroxylation is 3. The second kappa shape index (κ2) is 31.8. The minimum absolute atomic E-state index is 0.184. The summed E-state index contributed by atoms with van der Waals surface area (Å²) in [4.78, 5) is 104. The number of Topliss-reactive ketones (excluding diaryl/α,β-unsaturated/α-hetero) is 8. The first-order chi connectivity index (χ1) is 52.6. The van der Waals surface area contributed by atoms with Crippen LogP contribution >= 0.6 is 0 Å². The molecule has 0 spiro atoms. The Morgan fingerprint density at radius 1 is 0.294 bits per heavy atom. The van der Waals surface area contributed by atoms with Crippen LogP contribution in [0.15, 0.2) is 342 Å². The maximum Gasteiger partial charge on any atom is 0.198 e. The number of ether oxygens (including phenoxy) is 4. The van der Waals surface area contributed by atoms with Crippen LogP contribution in [0.3, 0.4) is 0 Å². The number of hydrogen-bond acceptors (Lipinski definition) is 16.